The summed E-state index contributed by atoms with van der Waals surface area (Å²) in [6.07, 6.45) is 3.47. The number of nitrogens with zero attached hydrogens (tertiary/aromatic N) is 4. The molecule has 1 aliphatic rings. The van der Waals surface area contributed by atoms with Crippen LogP contribution in [-0.2, 0) is 16.9 Å². The van der Waals surface area contributed by atoms with Gasteiger partial charge >= 0.3 is 0 Å². The van der Waals surface area contributed by atoms with Crippen molar-refractivity contribution in [2.24, 2.45) is 5.92 Å². The molecule has 1 saturated heterocycles. The van der Waals surface area contributed by atoms with Gasteiger partial charge in [0.2, 0.25) is 11.8 Å². The van der Waals surface area contributed by atoms with E-state index in [-0.39, 0.29) is 17.2 Å². The lowest BCUT2D eigenvalue weighted by molar-refractivity contribution is -0.121. The molecule has 0 radical (unpaired) electrons. The third-order valence-electron chi connectivity index (χ3n) is 4.44. The number of piperidine rings is 1. The van der Waals surface area contributed by atoms with Gasteiger partial charge in [-0.3, -0.25) is 9.69 Å². The minimum absolute atomic E-state index is 0.00588. The first-order valence-electron chi connectivity index (χ1n) is 8.95. The number of nitrogens with one attached hydrogen (secondary N) is 1. The average molecular weight is 454 g/mol. The number of hydrogen-bond acceptors (Lipinski definition) is 6. The summed E-state index contributed by atoms with van der Waals surface area (Å²) < 4.78 is 8.21. The van der Waals surface area contributed by atoms with Crippen LogP contribution < -0.4 is 5.32 Å². The van der Waals surface area contributed by atoms with E-state index < -0.39 is 0 Å². The van der Waals surface area contributed by atoms with Gasteiger partial charge in [-0.25, -0.2) is 9.67 Å². The van der Waals surface area contributed by atoms with E-state index in [2.05, 4.69) is 36.2 Å². The highest BCUT2D eigenvalue weighted by molar-refractivity contribution is 9.10. The molecule has 27 heavy (non-hydrogen) atoms. The lowest BCUT2D eigenvalue weighted by atomic mass is 9.97. The van der Waals surface area contributed by atoms with Crippen molar-refractivity contribution in [2.45, 2.75) is 45.7 Å². The number of carbonyl (C=O) groups excluding carboxylic acids is 1. The first-order valence-corrected chi connectivity index (χ1v) is 10.2. The Hall–Kier alpha value is -1.58. The highest BCUT2D eigenvalue weighted by atomic mass is 79.9. The predicted octanol–water partition coefficient (Wildman–Crippen LogP) is 3.97. The largest absolute Gasteiger partial charge is 0.413 e. The number of amides is 1. The zero-order chi connectivity index (χ0) is 19.6. The lowest BCUT2D eigenvalue weighted by Crippen LogP contribution is -2.41. The molecule has 2 aromatic heterocycles. The zero-order valence-corrected chi connectivity index (χ0v) is 18.1. The summed E-state index contributed by atoms with van der Waals surface area (Å²) in [5.41, 5.74) is -0.194. The van der Waals surface area contributed by atoms with Crippen LogP contribution in [0.25, 0.3) is 0 Å². The Morgan fingerprint density at radius 2 is 2.22 bits per heavy atom. The van der Waals surface area contributed by atoms with E-state index in [9.17, 15) is 4.79 Å². The Balaban J connectivity index is 1.62. The number of aromatic nitrogens is 3. The molecule has 3 heterocycles. The van der Waals surface area contributed by atoms with E-state index in [1.807, 2.05) is 26.8 Å². The Kier molecular flexibility index (Phi) is 6.12. The van der Waals surface area contributed by atoms with Crippen molar-refractivity contribution in [1.82, 2.24) is 19.7 Å². The highest BCUT2D eigenvalue weighted by Gasteiger charge is 2.27. The first kappa shape index (κ1) is 20.2. The summed E-state index contributed by atoms with van der Waals surface area (Å²) in [5, 5.41) is 7.41. The Bertz CT molecular complexity index is 856. The SMILES string of the molecule is CC(C)(C)c1nn(CN2CCCC(C(=O)Nc3ccc(Br)cn3)C2)c(=S)o1. The Morgan fingerprint density at radius 3 is 2.85 bits per heavy atom. The summed E-state index contributed by atoms with van der Waals surface area (Å²) in [6.45, 7) is 8.19. The molecule has 1 atom stereocenters. The Labute approximate surface area is 172 Å². The third-order valence-corrected chi connectivity index (χ3v) is 5.20. The molecule has 146 valence electrons. The van der Waals surface area contributed by atoms with Crippen LogP contribution in [0.4, 0.5) is 5.82 Å². The fraction of sp³-hybridized carbons (Fsp3) is 0.556. The number of pyridine rings is 1. The van der Waals surface area contributed by atoms with Crippen LogP contribution in [0.3, 0.4) is 0 Å². The zero-order valence-electron chi connectivity index (χ0n) is 15.7. The molecule has 1 amide bonds. The number of rotatable bonds is 4. The van der Waals surface area contributed by atoms with Crippen LogP contribution in [0.1, 0.15) is 39.5 Å². The summed E-state index contributed by atoms with van der Waals surface area (Å²) in [4.78, 5) is 19.4. The number of anilines is 1. The lowest BCUT2D eigenvalue weighted by Gasteiger charge is -2.31. The van der Waals surface area contributed by atoms with Crippen LogP contribution in [0.2, 0.25) is 0 Å². The molecule has 0 aromatic carbocycles. The molecule has 0 aliphatic carbocycles. The van der Waals surface area contributed by atoms with Crippen LogP contribution in [0, 0.1) is 10.8 Å². The van der Waals surface area contributed by atoms with Gasteiger partial charge in [0.1, 0.15) is 5.82 Å². The maximum absolute atomic E-state index is 12.6. The van der Waals surface area contributed by atoms with Gasteiger partial charge in [-0.05, 0) is 59.7 Å². The van der Waals surface area contributed by atoms with Crippen molar-refractivity contribution in [2.75, 3.05) is 18.4 Å². The van der Waals surface area contributed by atoms with Gasteiger partial charge in [-0.15, -0.1) is 5.10 Å². The molecular formula is C18H24BrN5O2S. The van der Waals surface area contributed by atoms with E-state index in [0.717, 1.165) is 23.9 Å². The highest BCUT2D eigenvalue weighted by Crippen LogP contribution is 2.22. The summed E-state index contributed by atoms with van der Waals surface area (Å²) in [7, 11) is 0. The molecule has 3 rings (SSSR count). The van der Waals surface area contributed by atoms with E-state index in [1.54, 1.807) is 16.9 Å². The van der Waals surface area contributed by atoms with Crippen molar-refractivity contribution in [3.8, 4) is 0 Å². The van der Waals surface area contributed by atoms with Gasteiger partial charge in [0.05, 0.1) is 12.6 Å². The predicted molar refractivity (Wildman–Crippen MR) is 109 cm³/mol. The smallest absolute Gasteiger partial charge is 0.288 e. The van der Waals surface area contributed by atoms with Crippen molar-refractivity contribution >= 4 is 39.9 Å². The van der Waals surface area contributed by atoms with Gasteiger partial charge in [-0.2, -0.15) is 0 Å². The number of likely N-dealkylation sites (tertiary alicyclic amines) is 1. The quantitative estimate of drug-likeness (QED) is 0.705. The minimum Gasteiger partial charge on any atom is -0.413 e. The van der Waals surface area contributed by atoms with Crippen molar-refractivity contribution in [3.05, 3.63) is 33.5 Å². The molecule has 1 fully saturated rings. The monoisotopic (exact) mass is 453 g/mol. The van der Waals surface area contributed by atoms with Gasteiger partial charge in [-0.1, -0.05) is 20.8 Å². The summed E-state index contributed by atoms with van der Waals surface area (Å²) >= 11 is 8.65. The number of carbonyl (C=O) groups is 1. The van der Waals surface area contributed by atoms with Gasteiger partial charge in [0.25, 0.3) is 4.84 Å². The molecular weight excluding hydrogens is 430 g/mol. The van der Waals surface area contributed by atoms with Crippen LogP contribution >= 0.6 is 28.1 Å². The van der Waals surface area contributed by atoms with Gasteiger partial charge < -0.3 is 9.73 Å². The molecule has 1 aliphatic heterocycles. The van der Waals surface area contributed by atoms with E-state index >= 15 is 0 Å². The topological polar surface area (TPSA) is 76.2 Å². The molecule has 0 saturated carbocycles. The fourth-order valence-corrected chi connectivity index (χ4v) is 3.38. The molecule has 2 aromatic rings. The molecule has 7 nitrogen and oxygen atoms in total. The fourth-order valence-electron chi connectivity index (χ4n) is 2.96. The summed E-state index contributed by atoms with van der Waals surface area (Å²) in [6, 6.07) is 3.64. The molecule has 0 bridgehead atoms. The average Bonchev–Trinajstić information content (AvgIpc) is 2.98. The second kappa shape index (κ2) is 8.20. The number of halogens is 1. The van der Waals surface area contributed by atoms with Gasteiger partial charge in [0, 0.05) is 22.6 Å². The van der Waals surface area contributed by atoms with Crippen molar-refractivity contribution in [3.63, 3.8) is 0 Å². The second-order valence-corrected chi connectivity index (χ2v) is 9.10. The second-order valence-electron chi connectivity index (χ2n) is 7.83. The third kappa shape index (κ3) is 5.24. The normalized spacial score (nSPS) is 18.4. The van der Waals surface area contributed by atoms with Gasteiger partial charge in [0.15, 0.2) is 0 Å². The van der Waals surface area contributed by atoms with Crippen LogP contribution in [0.15, 0.2) is 27.2 Å². The Morgan fingerprint density at radius 1 is 1.44 bits per heavy atom. The van der Waals surface area contributed by atoms with Crippen LogP contribution in [-0.4, -0.2) is 38.7 Å². The molecule has 1 unspecified atom stereocenters. The van der Waals surface area contributed by atoms with Crippen LogP contribution in [0.5, 0.6) is 0 Å². The standard InChI is InChI=1S/C18H24BrN5O2S/c1-18(2,3)16-22-24(17(27)26-16)11-23-8-4-5-12(10-23)15(25)21-14-7-6-13(19)9-20-14/h6-7,9,12H,4-5,8,10-11H2,1-3H3,(H,20,21,25). The van der Waals surface area contributed by atoms with E-state index in [4.69, 9.17) is 16.6 Å². The minimum atomic E-state index is -0.194. The number of hydrogen-bond donors (Lipinski definition) is 1. The molecule has 9 heteroatoms. The maximum Gasteiger partial charge on any atom is 0.288 e. The first-order chi connectivity index (χ1) is 12.7. The maximum atomic E-state index is 12.6. The van der Waals surface area contributed by atoms with Crippen molar-refractivity contribution in [1.29, 1.82) is 0 Å². The summed E-state index contributed by atoms with van der Waals surface area (Å²) in [5.74, 6) is 1.09. The van der Waals surface area contributed by atoms with E-state index in [1.165, 1.54) is 0 Å². The molecule has 1 N–H and O–H groups in total. The molecule has 0 spiro atoms. The van der Waals surface area contributed by atoms with Crippen molar-refractivity contribution < 1.29 is 9.21 Å². The van der Waals surface area contributed by atoms with E-state index in [0.29, 0.717) is 29.8 Å².